The minimum absolute atomic E-state index is 0. The molecule has 6 heteroatoms. The van der Waals surface area contributed by atoms with Crippen molar-refractivity contribution in [2.24, 2.45) is 5.73 Å². The van der Waals surface area contributed by atoms with Crippen LogP contribution < -0.4 is 10.6 Å². The van der Waals surface area contributed by atoms with Crippen molar-refractivity contribution >= 4 is 30.5 Å². The number of hydrogen-bond acceptors (Lipinski definition) is 4. The Bertz CT molecular complexity index is 257. The van der Waals surface area contributed by atoms with Gasteiger partial charge in [-0.15, -0.1) is 24.8 Å². The quantitative estimate of drug-likeness (QED) is 0.787. The average molecular weight is 237 g/mol. The highest BCUT2D eigenvalue weighted by atomic mass is 35.5. The molecule has 2 N–H and O–H groups in total. The summed E-state index contributed by atoms with van der Waals surface area (Å²) in [6.45, 7) is 1.95. The van der Waals surface area contributed by atoms with Gasteiger partial charge in [0.15, 0.2) is 0 Å². The third-order valence-corrected chi connectivity index (χ3v) is 2.14. The van der Waals surface area contributed by atoms with E-state index in [0.717, 1.165) is 25.2 Å². The molecule has 0 saturated carbocycles. The number of hydrogen-bond donors (Lipinski definition) is 1. The predicted octanol–water partition coefficient (Wildman–Crippen LogP) is 0.858. The molecule has 4 nitrogen and oxygen atoms in total. The fraction of sp³-hybridized carbons (Fsp3) is 0.500. The van der Waals surface area contributed by atoms with Crippen molar-refractivity contribution in [3.05, 3.63) is 18.7 Å². The molecule has 0 aromatic carbocycles. The van der Waals surface area contributed by atoms with Gasteiger partial charge in [0.1, 0.15) is 6.33 Å². The Morgan fingerprint density at radius 3 is 2.43 bits per heavy atom. The number of halogens is 2. The summed E-state index contributed by atoms with van der Waals surface area (Å²) in [5.74, 6) is 0. The summed E-state index contributed by atoms with van der Waals surface area (Å²) in [6, 6.07) is 0.310. The maximum absolute atomic E-state index is 5.78. The lowest BCUT2D eigenvalue weighted by atomic mass is 10.3. The van der Waals surface area contributed by atoms with E-state index in [0.29, 0.717) is 6.04 Å². The summed E-state index contributed by atoms with van der Waals surface area (Å²) in [6.07, 6.45) is 6.25. The SMILES string of the molecule is Cl.Cl.NC1CCN(c2cncnc2)C1. The van der Waals surface area contributed by atoms with Gasteiger partial charge in [-0.1, -0.05) is 0 Å². The summed E-state index contributed by atoms with van der Waals surface area (Å²) in [5.41, 5.74) is 6.85. The lowest BCUT2D eigenvalue weighted by molar-refractivity contribution is 0.752. The van der Waals surface area contributed by atoms with Crippen LogP contribution >= 0.6 is 24.8 Å². The van der Waals surface area contributed by atoms with Crippen LogP contribution in [0.2, 0.25) is 0 Å². The van der Waals surface area contributed by atoms with Crippen LogP contribution in [0, 0.1) is 0 Å². The first kappa shape index (κ1) is 13.4. The summed E-state index contributed by atoms with van der Waals surface area (Å²) < 4.78 is 0. The van der Waals surface area contributed by atoms with Crippen molar-refractivity contribution < 1.29 is 0 Å². The van der Waals surface area contributed by atoms with Crippen molar-refractivity contribution in [1.29, 1.82) is 0 Å². The third-order valence-electron chi connectivity index (χ3n) is 2.14. The molecule has 0 spiro atoms. The van der Waals surface area contributed by atoms with Crippen LogP contribution in [0.15, 0.2) is 18.7 Å². The van der Waals surface area contributed by atoms with E-state index in [1.165, 1.54) is 0 Å². The Balaban J connectivity index is 0.000000845. The number of rotatable bonds is 1. The van der Waals surface area contributed by atoms with Gasteiger partial charge in [0, 0.05) is 19.1 Å². The molecule has 2 rings (SSSR count). The number of nitrogens with two attached hydrogens (primary N) is 1. The van der Waals surface area contributed by atoms with Gasteiger partial charge in [0.25, 0.3) is 0 Å². The van der Waals surface area contributed by atoms with Crippen LogP contribution in [-0.4, -0.2) is 29.1 Å². The van der Waals surface area contributed by atoms with Crippen LogP contribution in [0.4, 0.5) is 5.69 Å². The first-order chi connectivity index (χ1) is 5.86. The average Bonchev–Trinajstić information content (AvgIpc) is 2.54. The zero-order valence-electron chi connectivity index (χ0n) is 7.67. The molecule has 1 unspecified atom stereocenters. The number of anilines is 1. The summed E-state index contributed by atoms with van der Waals surface area (Å²) in [7, 11) is 0. The fourth-order valence-electron chi connectivity index (χ4n) is 1.48. The van der Waals surface area contributed by atoms with Gasteiger partial charge >= 0.3 is 0 Å². The maximum atomic E-state index is 5.78. The van der Waals surface area contributed by atoms with Crippen LogP contribution in [-0.2, 0) is 0 Å². The third kappa shape index (κ3) is 2.97. The van der Waals surface area contributed by atoms with Gasteiger partial charge in [-0.25, -0.2) is 9.97 Å². The summed E-state index contributed by atoms with van der Waals surface area (Å²) in [5, 5.41) is 0. The minimum atomic E-state index is 0. The Morgan fingerprint density at radius 1 is 1.29 bits per heavy atom. The Hall–Kier alpha value is -0.580. The van der Waals surface area contributed by atoms with Crippen molar-refractivity contribution in [1.82, 2.24) is 9.97 Å². The number of nitrogens with zero attached hydrogens (tertiary/aromatic N) is 3. The second-order valence-electron chi connectivity index (χ2n) is 3.09. The molecule has 0 aliphatic carbocycles. The molecule has 1 saturated heterocycles. The molecule has 1 atom stereocenters. The van der Waals surface area contributed by atoms with Crippen molar-refractivity contribution in [3.63, 3.8) is 0 Å². The van der Waals surface area contributed by atoms with Gasteiger partial charge in [-0.2, -0.15) is 0 Å². The molecule has 1 fully saturated rings. The Kier molecular flexibility index (Phi) is 5.76. The zero-order chi connectivity index (χ0) is 8.39. The van der Waals surface area contributed by atoms with E-state index in [9.17, 15) is 0 Å². The summed E-state index contributed by atoms with van der Waals surface area (Å²) >= 11 is 0. The second-order valence-corrected chi connectivity index (χ2v) is 3.09. The monoisotopic (exact) mass is 236 g/mol. The van der Waals surface area contributed by atoms with E-state index in [2.05, 4.69) is 14.9 Å². The highest BCUT2D eigenvalue weighted by molar-refractivity contribution is 5.85. The largest absolute Gasteiger partial charge is 0.367 e. The first-order valence-electron chi connectivity index (χ1n) is 4.12. The normalized spacial score (nSPS) is 19.8. The van der Waals surface area contributed by atoms with Gasteiger partial charge in [0.05, 0.1) is 18.1 Å². The van der Waals surface area contributed by atoms with E-state index in [1.54, 1.807) is 6.33 Å². The lowest BCUT2D eigenvalue weighted by Gasteiger charge is -2.16. The predicted molar refractivity (Wildman–Crippen MR) is 61.3 cm³/mol. The van der Waals surface area contributed by atoms with Gasteiger partial charge in [0.2, 0.25) is 0 Å². The van der Waals surface area contributed by atoms with E-state index in [1.807, 2.05) is 12.4 Å². The van der Waals surface area contributed by atoms with E-state index >= 15 is 0 Å². The lowest BCUT2D eigenvalue weighted by Crippen LogP contribution is -2.26. The molecule has 1 aromatic heterocycles. The van der Waals surface area contributed by atoms with Crippen molar-refractivity contribution in [2.75, 3.05) is 18.0 Å². The number of aromatic nitrogens is 2. The van der Waals surface area contributed by atoms with E-state index in [4.69, 9.17) is 5.73 Å². The van der Waals surface area contributed by atoms with E-state index < -0.39 is 0 Å². The molecule has 14 heavy (non-hydrogen) atoms. The highest BCUT2D eigenvalue weighted by Crippen LogP contribution is 2.16. The van der Waals surface area contributed by atoms with Crippen LogP contribution in [0.5, 0.6) is 0 Å². The van der Waals surface area contributed by atoms with Crippen LogP contribution in [0.25, 0.3) is 0 Å². The molecule has 2 heterocycles. The molecule has 1 aromatic rings. The molecular formula is C8H14Cl2N4. The standard InChI is InChI=1S/C8H12N4.2ClH/c9-7-1-2-12(5-7)8-3-10-6-11-4-8;;/h3-4,6-7H,1-2,5,9H2;2*1H. The summed E-state index contributed by atoms with van der Waals surface area (Å²) in [4.78, 5) is 10.1. The first-order valence-corrected chi connectivity index (χ1v) is 4.12. The molecule has 1 aliphatic heterocycles. The van der Waals surface area contributed by atoms with Crippen LogP contribution in [0.1, 0.15) is 6.42 Å². The van der Waals surface area contributed by atoms with E-state index in [-0.39, 0.29) is 24.8 Å². The fourth-order valence-corrected chi connectivity index (χ4v) is 1.48. The Morgan fingerprint density at radius 2 is 1.93 bits per heavy atom. The van der Waals surface area contributed by atoms with Crippen molar-refractivity contribution in [2.45, 2.75) is 12.5 Å². The van der Waals surface area contributed by atoms with Gasteiger partial charge < -0.3 is 10.6 Å². The van der Waals surface area contributed by atoms with Crippen LogP contribution in [0.3, 0.4) is 0 Å². The van der Waals surface area contributed by atoms with Gasteiger partial charge in [-0.3, -0.25) is 0 Å². The molecule has 0 amide bonds. The van der Waals surface area contributed by atoms with Crippen molar-refractivity contribution in [3.8, 4) is 0 Å². The molecular weight excluding hydrogens is 223 g/mol. The minimum Gasteiger partial charge on any atom is -0.367 e. The smallest absolute Gasteiger partial charge is 0.115 e. The zero-order valence-corrected chi connectivity index (χ0v) is 9.30. The molecule has 0 radical (unpaired) electrons. The second kappa shape index (κ2) is 6.01. The molecule has 80 valence electrons. The molecule has 0 bridgehead atoms. The highest BCUT2D eigenvalue weighted by Gasteiger charge is 2.19. The molecule has 1 aliphatic rings. The maximum Gasteiger partial charge on any atom is 0.115 e. The topological polar surface area (TPSA) is 55.0 Å². The van der Waals surface area contributed by atoms with Gasteiger partial charge in [-0.05, 0) is 6.42 Å². The Labute approximate surface area is 95.7 Å².